The van der Waals surface area contributed by atoms with Crippen LogP contribution in [0.15, 0.2) is 24.3 Å². The Morgan fingerprint density at radius 2 is 2.05 bits per heavy atom. The summed E-state index contributed by atoms with van der Waals surface area (Å²) in [6.07, 6.45) is -4.60. The highest BCUT2D eigenvalue weighted by Gasteiger charge is 2.35. The minimum atomic E-state index is -4.60. The summed E-state index contributed by atoms with van der Waals surface area (Å²) in [5.74, 6) is -1.39. The van der Waals surface area contributed by atoms with Gasteiger partial charge in [-0.05, 0) is 12.1 Å². The number of hydrogen-bond donors (Lipinski definition) is 1. The largest absolute Gasteiger partial charge is 0.476 e. The van der Waals surface area contributed by atoms with Gasteiger partial charge in [0.25, 0.3) is 0 Å². The van der Waals surface area contributed by atoms with Crippen LogP contribution in [0.2, 0.25) is 0 Å². The number of aromatic carboxylic acids is 1. The van der Waals surface area contributed by atoms with Crippen molar-refractivity contribution >= 4 is 5.97 Å². The predicted octanol–water partition coefficient (Wildman–Crippen LogP) is 2.13. The number of halogens is 3. The van der Waals surface area contributed by atoms with Crippen LogP contribution >= 0.6 is 0 Å². The fourth-order valence-corrected chi connectivity index (χ4v) is 1.83. The van der Waals surface area contributed by atoms with Gasteiger partial charge in [-0.15, -0.1) is 5.10 Å². The summed E-state index contributed by atoms with van der Waals surface area (Å²) in [5.41, 5.74) is -1.77. The molecule has 0 aliphatic carbocycles. The van der Waals surface area contributed by atoms with Crippen molar-refractivity contribution in [2.45, 2.75) is 12.8 Å². The van der Waals surface area contributed by atoms with Crippen molar-refractivity contribution in [1.82, 2.24) is 15.0 Å². The average Bonchev–Trinajstić information content (AvgIpc) is 2.82. The summed E-state index contributed by atoms with van der Waals surface area (Å²) >= 11 is 0. The third-order valence-electron chi connectivity index (χ3n) is 2.68. The molecule has 0 bridgehead atoms. The second kappa shape index (κ2) is 5.52. The van der Waals surface area contributed by atoms with Crippen LogP contribution in [0.3, 0.4) is 0 Å². The second-order valence-electron chi connectivity index (χ2n) is 4.05. The van der Waals surface area contributed by atoms with Crippen LogP contribution < -0.4 is 0 Å². The molecule has 0 aliphatic rings. The summed E-state index contributed by atoms with van der Waals surface area (Å²) in [6, 6.07) is 4.69. The normalized spacial score (nSPS) is 11.6. The van der Waals surface area contributed by atoms with Gasteiger partial charge in [0, 0.05) is 7.11 Å². The Morgan fingerprint density at radius 1 is 1.38 bits per heavy atom. The lowest BCUT2D eigenvalue weighted by Crippen LogP contribution is -2.14. The Kier molecular flexibility index (Phi) is 3.94. The molecule has 0 saturated carbocycles. The Hall–Kier alpha value is -2.42. The van der Waals surface area contributed by atoms with Crippen LogP contribution in [0.25, 0.3) is 5.69 Å². The fourth-order valence-electron chi connectivity index (χ4n) is 1.83. The lowest BCUT2D eigenvalue weighted by atomic mass is 10.1. The zero-order valence-electron chi connectivity index (χ0n) is 10.8. The molecule has 0 aliphatic heterocycles. The van der Waals surface area contributed by atoms with E-state index in [1.54, 1.807) is 0 Å². The second-order valence-corrected chi connectivity index (χ2v) is 4.05. The molecular formula is C12H10F3N3O3. The zero-order chi connectivity index (χ0) is 15.6. The van der Waals surface area contributed by atoms with Gasteiger partial charge in [0.2, 0.25) is 0 Å². The highest BCUT2D eigenvalue weighted by molar-refractivity contribution is 5.86. The summed E-state index contributed by atoms with van der Waals surface area (Å²) in [7, 11) is 1.29. The van der Waals surface area contributed by atoms with E-state index in [4.69, 9.17) is 9.84 Å². The van der Waals surface area contributed by atoms with Crippen molar-refractivity contribution in [3.63, 3.8) is 0 Å². The maximum atomic E-state index is 13.0. The molecule has 1 heterocycles. The summed E-state index contributed by atoms with van der Waals surface area (Å²) < 4.78 is 44.7. The van der Waals surface area contributed by atoms with E-state index in [-0.39, 0.29) is 18.0 Å². The molecule has 0 spiro atoms. The molecule has 1 N–H and O–H groups in total. The maximum Gasteiger partial charge on any atom is 0.418 e. The summed E-state index contributed by atoms with van der Waals surface area (Å²) in [6.45, 7) is -0.235. The first-order chi connectivity index (χ1) is 9.86. The first-order valence-corrected chi connectivity index (χ1v) is 5.69. The van der Waals surface area contributed by atoms with Crippen molar-refractivity contribution in [3.05, 3.63) is 41.2 Å². The van der Waals surface area contributed by atoms with Crippen molar-refractivity contribution < 1.29 is 27.8 Å². The minimum Gasteiger partial charge on any atom is -0.476 e. The average molecular weight is 301 g/mol. The smallest absolute Gasteiger partial charge is 0.418 e. The molecular weight excluding hydrogens is 291 g/mol. The maximum absolute atomic E-state index is 13.0. The third-order valence-corrected chi connectivity index (χ3v) is 2.68. The zero-order valence-corrected chi connectivity index (χ0v) is 10.8. The number of carbonyl (C=O) groups is 1. The van der Waals surface area contributed by atoms with Gasteiger partial charge < -0.3 is 9.84 Å². The standard InChI is InChI=1S/C12H10F3N3O3/c1-21-6-9-10(11(19)20)16-17-18(9)8-5-3-2-4-7(8)12(13,14)15/h2-5H,6H2,1H3,(H,19,20). The van der Waals surface area contributed by atoms with E-state index in [0.717, 1.165) is 10.7 Å². The number of benzene rings is 1. The molecule has 6 nitrogen and oxygen atoms in total. The molecule has 1 aromatic heterocycles. The molecule has 0 amide bonds. The Morgan fingerprint density at radius 3 is 2.62 bits per heavy atom. The van der Waals surface area contributed by atoms with Crippen LogP contribution in [0.5, 0.6) is 0 Å². The van der Waals surface area contributed by atoms with Crippen molar-refractivity contribution in [3.8, 4) is 5.69 Å². The van der Waals surface area contributed by atoms with E-state index < -0.39 is 23.4 Å². The number of para-hydroxylation sites is 1. The van der Waals surface area contributed by atoms with E-state index in [1.165, 1.54) is 25.3 Å². The number of rotatable bonds is 4. The molecule has 112 valence electrons. The topological polar surface area (TPSA) is 77.2 Å². The first-order valence-electron chi connectivity index (χ1n) is 5.69. The monoisotopic (exact) mass is 301 g/mol. The van der Waals surface area contributed by atoms with Crippen molar-refractivity contribution in [2.75, 3.05) is 7.11 Å². The third kappa shape index (κ3) is 2.87. The number of nitrogens with zero attached hydrogens (tertiary/aromatic N) is 3. The number of hydrogen-bond acceptors (Lipinski definition) is 4. The van der Waals surface area contributed by atoms with Crippen LogP contribution in [0.1, 0.15) is 21.7 Å². The van der Waals surface area contributed by atoms with Gasteiger partial charge in [-0.2, -0.15) is 13.2 Å². The minimum absolute atomic E-state index is 0.0679. The number of ether oxygens (including phenoxy) is 1. The van der Waals surface area contributed by atoms with Gasteiger partial charge in [-0.25, -0.2) is 9.48 Å². The molecule has 0 atom stereocenters. The number of methoxy groups -OCH3 is 1. The lowest BCUT2D eigenvalue weighted by Gasteiger charge is -2.13. The Labute approximate surface area is 116 Å². The predicted molar refractivity (Wildman–Crippen MR) is 64.0 cm³/mol. The number of aromatic nitrogens is 3. The highest BCUT2D eigenvalue weighted by atomic mass is 19.4. The SMILES string of the molecule is COCc1c(C(=O)O)nnn1-c1ccccc1C(F)(F)F. The van der Waals surface area contributed by atoms with E-state index in [1.807, 2.05) is 0 Å². The van der Waals surface area contributed by atoms with Crippen LogP contribution in [-0.2, 0) is 17.5 Å². The van der Waals surface area contributed by atoms with E-state index in [9.17, 15) is 18.0 Å². The van der Waals surface area contributed by atoms with Crippen molar-refractivity contribution in [1.29, 1.82) is 0 Å². The molecule has 9 heteroatoms. The molecule has 21 heavy (non-hydrogen) atoms. The summed E-state index contributed by atoms with van der Waals surface area (Å²) in [4.78, 5) is 11.0. The van der Waals surface area contributed by atoms with Gasteiger partial charge in [0.05, 0.1) is 17.9 Å². The lowest BCUT2D eigenvalue weighted by molar-refractivity contribution is -0.137. The quantitative estimate of drug-likeness (QED) is 0.936. The molecule has 0 radical (unpaired) electrons. The Balaban J connectivity index is 2.65. The van der Waals surface area contributed by atoms with Crippen LogP contribution in [-0.4, -0.2) is 33.2 Å². The molecule has 0 saturated heterocycles. The number of alkyl halides is 3. The fraction of sp³-hybridized carbons (Fsp3) is 0.250. The Bertz CT molecular complexity index is 667. The first kappa shape index (κ1) is 15.0. The van der Waals surface area contributed by atoms with Gasteiger partial charge >= 0.3 is 12.1 Å². The molecule has 2 aromatic rings. The van der Waals surface area contributed by atoms with E-state index in [0.29, 0.717) is 0 Å². The molecule has 2 rings (SSSR count). The molecule has 1 aromatic carbocycles. The number of carboxylic acids is 1. The van der Waals surface area contributed by atoms with Gasteiger partial charge in [-0.1, -0.05) is 17.3 Å². The molecule has 0 unspecified atom stereocenters. The van der Waals surface area contributed by atoms with Gasteiger partial charge in [-0.3, -0.25) is 0 Å². The van der Waals surface area contributed by atoms with E-state index in [2.05, 4.69) is 10.3 Å². The summed E-state index contributed by atoms with van der Waals surface area (Å²) in [5, 5.41) is 15.9. The number of carboxylic acid groups (broad SMARTS) is 1. The van der Waals surface area contributed by atoms with Crippen molar-refractivity contribution in [2.24, 2.45) is 0 Å². The van der Waals surface area contributed by atoms with E-state index >= 15 is 0 Å². The van der Waals surface area contributed by atoms with Gasteiger partial charge in [0.15, 0.2) is 5.69 Å². The highest BCUT2D eigenvalue weighted by Crippen LogP contribution is 2.34. The van der Waals surface area contributed by atoms with Crippen LogP contribution in [0.4, 0.5) is 13.2 Å². The van der Waals surface area contributed by atoms with Crippen LogP contribution in [0, 0.1) is 0 Å². The van der Waals surface area contributed by atoms with Gasteiger partial charge in [0.1, 0.15) is 5.69 Å². The molecule has 0 fully saturated rings.